The van der Waals surface area contributed by atoms with Gasteiger partial charge in [-0.15, -0.1) is 0 Å². The number of esters is 2. The molecule has 7 heteroatoms. The van der Waals surface area contributed by atoms with E-state index in [2.05, 4.69) is 14.9 Å². The van der Waals surface area contributed by atoms with Crippen LogP contribution in [0.4, 0.5) is 0 Å². The van der Waals surface area contributed by atoms with Gasteiger partial charge in [-0.1, -0.05) is 6.37 Å². The van der Waals surface area contributed by atoms with Crippen molar-refractivity contribution in [1.29, 1.82) is 5.40 Å². The van der Waals surface area contributed by atoms with Gasteiger partial charge in [0.1, 0.15) is 5.75 Å². The molecule has 0 saturated carbocycles. The number of carbonyl (C=O) groups is 2. The zero-order valence-corrected chi connectivity index (χ0v) is 11.3. The lowest BCUT2D eigenvalue weighted by Gasteiger charge is -2.06. The van der Waals surface area contributed by atoms with Gasteiger partial charge in [0.15, 0.2) is 11.6 Å². The van der Waals surface area contributed by atoms with E-state index >= 15 is 0 Å². The highest BCUT2D eigenvalue weighted by Crippen LogP contribution is 2.14. The molecule has 126 valence electrons. The predicted molar refractivity (Wildman–Crippen MR) is 86.4 cm³/mol. The molecular formula is C16H23N3O4. The van der Waals surface area contributed by atoms with E-state index in [1.165, 1.54) is 0 Å². The van der Waals surface area contributed by atoms with Gasteiger partial charge in [0.05, 0.1) is 14.9 Å². The number of guanidine groups is 1. The molecule has 0 amide bonds. The number of carbonyl (C=O) groups excluding carboxylic acids is 2. The number of benzene rings is 1. The van der Waals surface area contributed by atoms with Crippen LogP contribution < -0.4 is 15.8 Å². The highest BCUT2D eigenvalue weighted by molar-refractivity contribution is 5.89. The lowest BCUT2D eigenvalue weighted by molar-refractivity contribution is -0.134. The van der Waals surface area contributed by atoms with Crippen molar-refractivity contribution < 1.29 is 45.3 Å². The molecule has 1 rings (SSSR count). The van der Waals surface area contributed by atoms with Gasteiger partial charge in [-0.3, -0.25) is 10.2 Å². The first-order chi connectivity index (χ1) is 18.5. The van der Waals surface area contributed by atoms with Crippen LogP contribution in [0.25, 0.3) is 0 Å². The van der Waals surface area contributed by atoms with Crippen LogP contribution in [0.15, 0.2) is 24.3 Å². The van der Waals surface area contributed by atoms with Crippen LogP contribution in [0.5, 0.6) is 5.75 Å². The van der Waals surface area contributed by atoms with Crippen molar-refractivity contribution in [1.82, 2.24) is 5.31 Å². The van der Waals surface area contributed by atoms with Crippen LogP contribution in [-0.4, -0.2) is 31.0 Å². The summed E-state index contributed by atoms with van der Waals surface area (Å²) in [6.45, 7) is -10.7. The fourth-order valence-corrected chi connectivity index (χ4v) is 1.12. The molecule has 0 spiro atoms. The Hall–Kier alpha value is -2.57. The second kappa shape index (κ2) is 10.2. The molecule has 1 aromatic rings. The number of hydrogen-bond donors (Lipinski definition) is 3. The number of nitrogens with two attached hydrogens (primary N) is 1. The molecule has 4 N–H and O–H groups in total. The van der Waals surface area contributed by atoms with E-state index < -0.39 is 85.6 Å². The van der Waals surface area contributed by atoms with Crippen molar-refractivity contribution in [2.45, 2.75) is 32.3 Å². The van der Waals surface area contributed by atoms with Gasteiger partial charge >= 0.3 is 11.9 Å². The molecule has 7 nitrogen and oxygen atoms in total. The Morgan fingerprint density at radius 2 is 2.26 bits per heavy atom. The molecule has 0 aliphatic heterocycles. The highest BCUT2D eigenvalue weighted by Gasteiger charge is 2.08. The van der Waals surface area contributed by atoms with Crippen molar-refractivity contribution in [3.05, 3.63) is 29.8 Å². The molecule has 0 heterocycles. The quantitative estimate of drug-likeness (QED) is 0.273. The second-order valence-electron chi connectivity index (χ2n) is 3.43. The number of ether oxygens (including phenoxy) is 2. The number of rotatable bonds is 9. The largest absolute Gasteiger partial charge is 0.462 e. The van der Waals surface area contributed by atoms with Crippen LogP contribution in [-0.2, 0) is 9.53 Å². The fraction of sp³-hybridized carbons (Fsp3) is 0.438. The summed E-state index contributed by atoms with van der Waals surface area (Å²) in [4.78, 5) is 24.7. The summed E-state index contributed by atoms with van der Waals surface area (Å²) in [7, 11) is 0. The maximum Gasteiger partial charge on any atom is 0.338 e. The molecule has 0 aliphatic rings. The van der Waals surface area contributed by atoms with E-state index in [0.29, 0.717) is 0 Å². The van der Waals surface area contributed by atoms with Crippen LogP contribution in [0.1, 0.15) is 63.3 Å². The summed E-state index contributed by atoms with van der Waals surface area (Å²) in [6.07, 6.45) is -17.0. The van der Waals surface area contributed by atoms with Gasteiger partial charge in [0, 0.05) is 30.7 Å². The Kier molecular flexibility index (Phi) is 2.20. The average molecular weight is 340 g/mol. The van der Waals surface area contributed by atoms with Crippen LogP contribution >= 0.6 is 0 Å². The maximum absolute atomic E-state index is 12.6. The summed E-state index contributed by atoms with van der Waals surface area (Å²) >= 11 is 0. The Morgan fingerprint density at radius 3 is 2.96 bits per heavy atom. The normalized spacial score (nSPS) is 27.1. The third-order valence-corrected chi connectivity index (χ3v) is 1.95. The maximum atomic E-state index is 12.6. The van der Waals surface area contributed by atoms with Crippen LogP contribution in [0.3, 0.4) is 0 Å². The first-order valence-corrected chi connectivity index (χ1v) is 5.69. The van der Waals surface area contributed by atoms with E-state index in [1.807, 2.05) is 0 Å². The molecule has 1 aromatic carbocycles. The van der Waals surface area contributed by atoms with Crippen molar-refractivity contribution in [2.24, 2.45) is 5.72 Å². The summed E-state index contributed by atoms with van der Waals surface area (Å²) in [6, 6.07) is 3.25. The van der Waals surface area contributed by atoms with Crippen molar-refractivity contribution in [3.63, 3.8) is 0 Å². The van der Waals surface area contributed by atoms with Gasteiger partial charge in [-0.05, 0) is 43.9 Å². The molecule has 0 unspecified atom stereocenters. The van der Waals surface area contributed by atoms with Crippen molar-refractivity contribution in [3.8, 4) is 5.75 Å². The monoisotopic (exact) mass is 340 g/mol. The van der Waals surface area contributed by atoms with Crippen molar-refractivity contribution in [2.75, 3.05) is 13.1 Å². The van der Waals surface area contributed by atoms with Gasteiger partial charge in [-0.2, -0.15) is 0 Å². The summed E-state index contributed by atoms with van der Waals surface area (Å²) in [5.74, 6) is -5.72. The molecule has 0 fully saturated rings. The van der Waals surface area contributed by atoms with Crippen LogP contribution in [0.2, 0.25) is 5.65 Å². The van der Waals surface area contributed by atoms with E-state index in [-0.39, 0.29) is 0 Å². The molecule has 0 aliphatic carbocycles. The Bertz CT molecular complexity index is 1180. The summed E-state index contributed by atoms with van der Waals surface area (Å²) < 4.78 is 153. The average Bonchev–Trinajstić information content (AvgIpc) is 2.82. The first kappa shape index (κ1) is 4.96. The lowest BCUT2D eigenvalue weighted by Crippen LogP contribution is -2.30. The first-order valence-electron chi connectivity index (χ1n) is 15.0. The SMILES string of the molecule is [2H]/N=C(\N([2H])[2H])N([2H])C([2H])([2H])C([2H])([2H])C([2H])([2H])C([2H])([2H])C([2H])([2H])C(=O)Oc1ccc(C(=O)OC([2H])([2H])C([2H])([2H])[2H])cc1. The van der Waals surface area contributed by atoms with E-state index in [4.69, 9.17) is 26.2 Å². The second-order valence-corrected chi connectivity index (χ2v) is 3.43. The van der Waals surface area contributed by atoms with Gasteiger partial charge < -0.3 is 20.5 Å². The Morgan fingerprint density at radius 1 is 1.43 bits per heavy atom. The van der Waals surface area contributed by atoms with Gasteiger partial charge in [0.25, 0.3) is 0 Å². The Labute approximate surface area is 162 Å². The van der Waals surface area contributed by atoms with Crippen molar-refractivity contribution >= 4 is 17.9 Å². The van der Waals surface area contributed by atoms with E-state index in [0.717, 1.165) is 24.3 Å². The standard InChI is InChI=1S/C16H23N3O4/c1-2-22-15(21)12-7-9-13(10-8-12)23-14(20)6-4-3-5-11-19-16(17)18/h7-10H,2-6,11H2,1H3,(H4,17,18,19)/i1D3,2D2,3D2,4D2,5D2,6D2,11D2/hD4. The van der Waals surface area contributed by atoms with Crippen LogP contribution in [0, 0.1) is 5.40 Å². The summed E-state index contributed by atoms with van der Waals surface area (Å²) in [5.41, 5.74) is -1.05. The van der Waals surface area contributed by atoms with Gasteiger partial charge in [-0.25, -0.2) is 4.79 Å². The van der Waals surface area contributed by atoms with E-state index in [9.17, 15) is 9.59 Å². The minimum atomic E-state index is -4.33. The molecule has 23 heavy (non-hydrogen) atoms. The van der Waals surface area contributed by atoms with Gasteiger partial charge in [0.2, 0.25) is 0 Å². The zero-order chi connectivity index (χ0) is 33.5. The number of hydrogen-bond acceptors (Lipinski definition) is 5. The smallest absolute Gasteiger partial charge is 0.338 e. The van der Waals surface area contributed by atoms with E-state index in [1.54, 1.807) is 0 Å². The molecular weight excluding hydrogens is 298 g/mol. The summed E-state index contributed by atoms with van der Waals surface area (Å²) in [5, 5.41) is 1.78. The predicted octanol–water partition coefficient (Wildman–Crippen LogP) is 1.81. The topological polar surface area (TPSA) is 115 Å². The third kappa shape index (κ3) is 7.85. The highest BCUT2D eigenvalue weighted by atomic mass is 16.5. The minimum Gasteiger partial charge on any atom is -0.462 e. The minimum absolute atomic E-state index is 0.456. The zero-order valence-electron chi connectivity index (χ0n) is 30.3. The fourth-order valence-electron chi connectivity index (χ4n) is 1.12. The molecule has 0 radical (unpaired) electrons. The molecule has 0 atom stereocenters. The number of nitrogens with one attached hydrogen (secondary N) is 2. The lowest BCUT2D eigenvalue weighted by atomic mass is 10.2. The molecule has 0 aromatic heterocycles. The Balaban J connectivity index is 3.31. The molecule has 0 bridgehead atoms. The molecule has 0 saturated heterocycles. The third-order valence-electron chi connectivity index (χ3n) is 1.95.